The van der Waals surface area contributed by atoms with Gasteiger partial charge < -0.3 is 30.0 Å². The van der Waals surface area contributed by atoms with Gasteiger partial charge in [0.15, 0.2) is 0 Å². The minimum Gasteiger partial charge on any atom is -0.396 e. The van der Waals surface area contributed by atoms with E-state index in [-0.39, 0.29) is 13.0 Å². The lowest BCUT2D eigenvalue weighted by molar-refractivity contribution is -0.322. The van der Waals surface area contributed by atoms with Gasteiger partial charge in [0, 0.05) is 20.2 Å². The van der Waals surface area contributed by atoms with Crippen molar-refractivity contribution in [3.63, 3.8) is 0 Å². The molecule has 0 aliphatic rings. The van der Waals surface area contributed by atoms with Gasteiger partial charge in [0.1, 0.15) is 0 Å². The van der Waals surface area contributed by atoms with Gasteiger partial charge in [-0.25, -0.2) is 9.59 Å². The number of nitrogens with one attached hydrogen (secondary N) is 2. The zero-order chi connectivity index (χ0) is 16.8. The molecule has 0 aliphatic heterocycles. The van der Waals surface area contributed by atoms with Crippen LogP contribution in [-0.4, -0.2) is 50.1 Å². The molecule has 0 heterocycles. The molecule has 0 saturated carbocycles. The number of hydrogen-bond donors (Lipinski definition) is 3. The molecule has 0 unspecified atom stereocenters. The SMILES string of the molecule is CCCCNC(=O)OC(CCO)(OC)OC(=O)NCCCC. The summed E-state index contributed by atoms with van der Waals surface area (Å²) in [5, 5.41) is 14.1. The van der Waals surface area contributed by atoms with E-state index in [9.17, 15) is 9.59 Å². The van der Waals surface area contributed by atoms with Crippen molar-refractivity contribution >= 4 is 12.2 Å². The molecule has 22 heavy (non-hydrogen) atoms. The minimum atomic E-state index is -1.94. The van der Waals surface area contributed by atoms with E-state index in [1.165, 1.54) is 7.11 Å². The van der Waals surface area contributed by atoms with Crippen LogP contribution in [0.25, 0.3) is 0 Å². The van der Waals surface area contributed by atoms with Crippen LogP contribution in [0.1, 0.15) is 46.0 Å². The van der Waals surface area contributed by atoms with Gasteiger partial charge in [0.2, 0.25) is 0 Å². The second-order valence-electron chi connectivity index (χ2n) is 4.70. The van der Waals surface area contributed by atoms with Crippen molar-refractivity contribution in [1.82, 2.24) is 10.6 Å². The molecule has 0 aromatic rings. The van der Waals surface area contributed by atoms with Gasteiger partial charge in [0.25, 0.3) is 0 Å². The van der Waals surface area contributed by atoms with E-state index in [1.54, 1.807) is 0 Å². The second kappa shape index (κ2) is 12.0. The summed E-state index contributed by atoms with van der Waals surface area (Å²) in [6.07, 6.45) is 1.70. The third kappa shape index (κ3) is 8.68. The van der Waals surface area contributed by atoms with Crippen molar-refractivity contribution in [1.29, 1.82) is 0 Å². The molecule has 8 nitrogen and oxygen atoms in total. The lowest BCUT2D eigenvalue weighted by Gasteiger charge is -2.29. The summed E-state index contributed by atoms with van der Waals surface area (Å²) in [4.78, 5) is 23.4. The summed E-state index contributed by atoms with van der Waals surface area (Å²) in [5.41, 5.74) is 0. The quantitative estimate of drug-likeness (QED) is 0.395. The summed E-state index contributed by atoms with van der Waals surface area (Å²) < 4.78 is 15.1. The number of carbonyl (C=O) groups excluding carboxylic acids is 2. The highest BCUT2D eigenvalue weighted by molar-refractivity contribution is 5.69. The highest BCUT2D eigenvalue weighted by Gasteiger charge is 2.39. The summed E-state index contributed by atoms with van der Waals surface area (Å²) in [7, 11) is 1.23. The summed E-state index contributed by atoms with van der Waals surface area (Å²) >= 11 is 0. The maximum atomic E-state index is 11.7. The monoisotopic (exact) mass is 320 g/mol. The van der Waals surface area contributed by atoms with Gasteiger partial charge in [-0.2, -0.15) is 0 Å². The van der Waals surface area contributed by atoms with E-state index in [0.717, 1.165) is 25.7 Å². The van der Waals surface area contributed by atoms with E-state index in [4.69, 9.17) is 19.3 Å². The average molecular weight is 320 g/mol. The number of methoxy groups -OCH3 is 1. The van der Waals surface area contributed by atoms with E-state index < -0.39 is 18.2 Å². The second-order valence-corrected chi connectivity index (χ2v) is 4.70. The molecule has 0 rings (SSSR count). The minimum absolute atomic E-state index is 0.189. The third-order valence-electron chi connectivity index (χ3n) is 2.82. The zero-order valence-corrected chi connectivity index (χ0v) is 13.6. The van der Waals surface area contributed by atoms with Gasteiger partial charge in [-0.15, -0.1) is 0 Å². The fourth-order valence-electron chi connectivity index (χ4n) is 1.53. The predicted molar refractivity (Wildman–Crippen MR) is 80.2 cm³/mol. The number of hydrogen-bond acceptors (Lipinski definition) is 6. The van der Waals surface area contributed by atoms with Crippen molar-refractivity contribution in [2.24, 2.45) is 0 Å². The molecule has 0 atom stereocenters. The normalized spacial score (nSPS) is 10.9. The van der Waals surface area contributed by atoms with Crippen molar-refractivity contribution < 1.29 is 28.9 Å². The number of carbonyl (C=O) groups is 2. The maximum Gasteiger partial charge on any atom is 0.412 e. The Hall–Kier alpha value is -1.54. The Kier molecular flexibility index (Phi) is 11.2. The lowest BCUT2D eigenvalue weighted by Crippen LogP contribution is -2.47. The van der Waals surface area contributed by atoms with E-state index in [0.29, 0.717) is 13.1 Å². The number of aliphatic hydroxyl groups is 1. The summed E-state index contributed by atoms with van der Waals surface area (Å²) in [5.74, 6) is -1.94. The van der Waals surface area contributed by atoms with Crippen LogP contribution in [0.2, 0.25) is 0 Å². The van der Waals surface area contributed by atoms with Gasteiger partial charge in [0.05, 0.1) is 13.0 Å². The first-order valence-electron chi connectivity index (χ1n) is 7.63. The topological polar surface area (TPSA) is 106 Å². The first-order valence-corrected chi connectivity index (χ1v) is 7.63. The molecule has 0 radical (unpaired) electrons. The summed E-state index contributed by atoms with van der Waals surface area (Å²) in [6, 6.07) is 0. The van der Waals surface area contributed by atoms with Crippen LogP contribution in [0.15, 0.2) is 0 Å². The number of unbranched alkanes of at least 4 members (excludes halogenated alkanes) is 2. The Labute approximate surface area is 131 Å². The zero-order valence-electron chi connectivity index (χ0n) is 13.6. The van der Waals surface area contributed by atoms with Crippen molar-refractivity contribution in [3.8, 4) is 0 Å². The van der Waals surface area contributed by atoms with Crippen molar-refractivity contribution in [3.05, 3.63) is 0 Å². The van der Waals surface area contributed by atoms with Crippen molar-refractivity contribution in [2.45, 2.75) is 51.9 Å². The average Bonchev–Trinajstić information content (AvgIpc) is 2.48. The molecule has 0 aliphatic carbocycles. The van der Waals surface area contributed by atoms with E-state index in [1.807, 2.05) is 13.8 Å². The standard InChI is InChI=1S/C14H28N2O6/c1-4-6-9-15-12(18)21-14(20-3,8-11-17)22-13(19)16-10-7-5-2/h17H,4-11H2,1-3H3,(H,15,18)(H,16,19). The first-order chi connectivity index (χ1) is 10.5. The third-order valence-corrected chi connectivity index (χ3v) is 2.82. The Balaban J connectivity index is 4.55. The van der Waals surface area contributed by atoms with Crippen LogP contribution in [0.4, 0.5) is 9.59 Å². The lowest BCUT2D eigenvalue weighted by atomic mass is 10.3. The van der Waals surface area contributed by atoms with E-state index >= 15 is 0 Å². The number of amides is 2. The highest BCUT2D eigenvalue weighted by Crippen LogP contribution is 2.19. The van der Waals surface area contributed by atoms with Gasteiger partial charge in [-0.3, -0.25) is 0 Å². The molecule has 0 fully saturated rings. The molecular formula is C14H28N2O6. The Morgan fingerprint density at radius 3 is 1.77 bits per heavy atom. The molecule has 130 valence electrons. The van der Waals surface area contributed by atoms with Crippen LogP contribution in [-0.2, 0) is 14.2 Å². The van der Waals surface area contributed by atoms with Crippen molar-refractivity contribution in [2.75, 3.05) is 26.8 Å². The Bertz CT molecular complexity index is 300. The molecule has 3 N–H and O–H groups in total. The Morgan fingerprint density at radius 1 is 1.00 bits per heavy atom. The number of alkyl carbamates (subject to hydrolysis) is 2. The number of ether oxygens (including phenoxy) is 3. The number of aliphatic hydroxyl groups excluding tert-OH is 1. The van der Waals surface area contributed by atoms with Gasteiger partial charge in [-0.1, -0.05) is 26.7 Å². The fraction of sp³-hybridized carbons (Fsp3) is 0.857. The molecule has 0 aromatic heterocycles. The maximum absolute atomic E-state index is 11.7. The van der Waals surface area contributed by atoms with Crippen LogP contribution in [0, 0.1) is 0 Å². The van der Waals surface area contributed by atoms with E-state index in [2.05, 4.69) is 10.6 Å². The van der Waals surface area contributed by atoms with Gasteiger partial charge >= 0.3 is 18.2 Å². The molecule has 0 saturated heterocycles. The largest absolute Gasteiger partial charge is 0.412 e. The highest BCUT2D eigenvalue weighted by atomic mass is 16.9. The molecule has 8 heteroatoms. The molecule has 0 spiro atoms. The molecular weight excluding hydrogens is 292 g/mol. The first kappa shape index (κ1) is 20.5. The summed E-state index contributed by atoms with van der Waals surface area (Å²) in [6.45, 7) is 4.48. The van der Waals surface area contributed by atoms with Crippen LogP contribution in [0.5, 0.6) is 0 Å². The molecule has 0 aromatic carbocycles. The van der Waals surface area contributed by atoms with Crippen LogP contribution < -0.4 is 10.6 Å². The van der Waals surface area contributed by atoms with Gasteiger partial charge in [-0.05, 0) is 12.8 Å². The van der Waals surface area contributed by atoms with Crippen LogP contribution in [0.3, 0.4) is 0 Å². The predicted octanol–water partition coefficient (Wildman–Crippen LogP) is 1.72. The Morgan fingerprint density at radius 2 is 1.45 bits per heavy atom. The molecule has 0 bridgehead atoms. The fourth-order valence-corrected chi connectivity index (χ4v) is 1.53. The van der Waals surface area contributed by atoms with Crippen LogP contribution >= 0.6 is 0 Å². The molecule has 2 amide bonds. The number of rotatable bonds is 11. The smallest absolute Gasteiger partial charge is 0.396 e.